The van der Waals surface area contributed by atoms with Crippen LogP contribution in [0.2, 0.25) is 0 Å². The molecule has 0 rings (SSSR count). The van der Waals surface area contributed by atoms with Crippen LogP contribution in [-0.4, -0.2) is 126 Å². The number of likely N-dealkylation sites (N-methyl/N-ethyl adjacent to an activating group) is 2. The van der Waals surface area contributed by atoms with Crippen LogP contribution < -0.4 is 27.0 Å². The van der Waals surface area contributed by atoms with E-state index in [1.807, 2.05) is 25.4 Å². The van der Waals surface area contributed by atoms with Gasteiger partial charge in [0.25, 0.3) is 0 Å². The van der Waals surface area contributed by atoms with Crippen molar-refractivity contribution in [1.29, 1.82) is 0 Å². The van der Waals surface area contributed by atoms with Crippen LogP contribution in [0.1, 0.15) is 13.3 Å². The normalized spacial score (nSPS) is 11.7. The molecule has 0 aromatic rings. The lowest BCUT2D eigenvalue weighted by atomic mass is 10.4. The van der Waals surface area contributed by atoms with Gasteiger partial charge in [-0.05, 0) is 25.9 Å². The van der Waals surface area contributed by atoms with Gasteiger partial charge >= 0.3 is 0 Å². The number of hydrogen-bond acceptors (Lipinski definition) is 8. The van der Waals surface area contributed by atoms with Crippen LogP contribution in [0, 0.1) is 0 Å². The van der Waals surface area contributed by atoms with E-state index in [9.17, 15) is 4.79 Å². The van der Waals surface area contributed by atoms with Gasteiger partial charge in [-0.15, -0.1) is 0 Å². The van der Waals surface area contributed by atoms with Crippen molar-refractivity contribution < 1.29 is 4.79 Å². The minimum atomic E-state index is 0.0974. The Bertz CT molecular complexity index is 378. The average Bonchev–Trinajstić information content (AvgIpc) is 2.73. The van der Waals surface area contributed by atoms with Gasteiger partial charge in [0, 0.05) is 98.0 Å². The van der Waals surface area contributed by atoms with Crippen LogP contribution in [0.3, 0.4) is 0 Å². The molecule has 0 fully saturated rings. The number of nitrogens with one attached hydrogen (secondary N) is 4. The molecule has 10 heteroatoms. The molecule has 0 saturated heterocycles. The molecule has 0 bridgehead atoms. The molecule has 0 aliphatic heterocycles. The number of carbonyl (C=O) groups is 1. The minimum Gasteiger partial charge on any atom is -0.355 e. The summed E-state index contributed by atoms with van der Waals surface area (Å²) in [6.45, 7) is 14.0. The Hall–Kier alpha value is -0.520. The summed E-state index contributed by atoms with van der Waals surface area (Å²) in [6, 6.07) is 0. The number of amides is 1. The highest BCUT2D eigenvalue weighted by molar-refractivity contribution is 6.13. The molecule has 0 heterocycles. The number of carbonyl (C=O) groups excluding carboxylic acids is 1. The lowest BCUT2D eigenvalue weighted by molar-refractivity contribution is -0.120. The van der Waals surface area contributed by atoms with Crippen molar-refractivity contribution in [2.75, 3.05) is 106 Å². The predicted octanol–water partition coefficient (Wildman–Crippen LogP) is -1.44. The summed E-state index contributed by atoms with van der Waals surface area (Å²) in [5, 5.41) is 12.7. The minimum absolute atomic E-state index is 0.0974. The zero-order valence-corrected chi connectivity index (χ0v) is 19.6. The molecule has 29 heavy (non-hydrogen) atoms. The molecule has 0 unspecified atom stereocenters. The Morgan fingerprint density at radius 1 is 0.793 bits per heavy atom. The number of nitrogens with two attached hydrogens (primary N) is 1. The summed E-state index contributed by atoms with van der Waals surface area (Å²) in [7, 11) is 3.93. The molecule has 0 spiro atoms. The number of nitrogens with zero attached hydrogens (tertiary/aromatic N) is 3. The van der Waals surface area contributed by atoms with E-state index in [0.29, 0.717) is 19.5 Å². The first-order valence-electron chi connectivity index (χ1n) is 10.9. The highest BCUT2D eigenvalue weighted by atomic mass is 35.5. The van der Waals surface area contributed by atoms with Gasteiger partial charge in [0.1, 0.15) is 0 Å². The van der Waals surface area contributed by atoms with Crippen molar-refractivity contribution >= 4 is 17.7 Å². The van der Waals surface area contributed by atoms with Crippen molar-refractivity contribution in [3.05, 3.63) is 0 Å². The number of halogens is 1. The van der Waals surface area contributed by atoms with Crippen LogP contribution in [0.25, 0.3) is 0 Å². The quantitative estimate of drug-likeness (QED) is 0.110. The van der Waals surface area contributed by atoms with E-state index in [0.717, 1.165) is 78.5 Å². The van der Waals surface area contributed by atoms with Gasteiger partial charge in [0.2, 0.25) is 5.91 Å². The first-order valence-corrected chi connectivity index (χ1v) is 11.2. The molecule has 0 aliphatic rings. The maximum Gasteiger partial charge on any atom is 0.219 e. The second-order valence-corrected chi connectivity index (χ2v) is 7.52. The molecule has 9 nitrogen and oxygen atoms in total. The highest BCUT2D eigenvalue weighted by Gasteiger charge is 2.10. The molecular formula is C19H45ClN8O. The van der Waals surface area contributed by atoms with Crippen molar-refractivity contribution in [2.24, 2.45) is 5.73 Å². The molecule has 1 amide bonds. The summed E-state index contributed by atoms with van der Waals surface area (Å²) < 4.78 is 1.87. The first kappa shape index (κ1) is 28.5. The van der Waals surface area contributed by atoms with E-state index in [1.165, 1.54) is 0 Å². The summed E-state index contributed by atoms with van der Waals surface area (Å²) in [5.74, 6) is 0.0974. The summed E-state index contributed by atoms with van der Waals surface area (Å²) >= 11 is 6.47. The zero-order chi connectivity index (χ0) is 21.7. The third-order valence-electron chi connectivity index (χ3n) is 4.67. The van der Waals surface area contributed by atoms with Crippen LogP contribution in [-0.2, 0) is 4.79 Å². The van der Waals surface area contributed by atoms with Gasteiger partial charge in [-0.25, -0.2) is 4.42 Å². The van der Waals surface area contributed by atoms with E-state index < -0.39 is 0 Å². The lowest BCUT2D eigenvalue weighted by Gasteiger charge is -2.27. The molecule has 0 radical (unpaired) electrons. The number of rotatable bonds is 21. The van der Waals surface area contributed by atoms with Crippen LogP contribution >= 0.6 is 11.8 Å². The molecule has 0 aliphatic carbocycles. The second kappa shape index (κ2) is 20.7. The second-order valence-electron chi connectivity index (χ2n) is 7.04. The smallest absolute Gasteiger partial charge is 0.219 e. The van der Waals surface area contributed by atoms with E-state index in [1.54, 1.807) is 0 Å². The van der Waals surface area contributed by atoms with Crippen molar-refractivity contribution in [2.45, 2.75) is 13.3 Å². The average molecular weight is 437 g/mol. The molecule has 174 valence electrons. The molecule has 0 atom stereocenters. The Balaban J connectivity index is 4.22. The summed E-state index contributed by atoms with van der Waals surface area (Å²) in [6.07, 6.45) is 0.526. The molecule has 0 aromatic carbocycles. The molecule has 6 N–H and O–H groups in total. The third-order valence-corrected chi connectivity index (χ3v) is 5.01. The molecule has 0 aromatic heterocycles. The maximum absolute atomic E-state index is 11.4. The first-order chi connectivity index (χ1) is 14.1. The topological polar surface area (TPSA) is 101 Å². The van der Waals surface area contributed by atoms with Gasteiger partial charge in [0.05, 0.1) is 0 Å². The summed E-state index contributed by atoms with van der Waals surface area (Å²) in [5.41, 5.74) is 5.53. The van der Waals surface area contributed by atoms with Crippen molar-refractivity contribution in [1.82, 2.24) is 35.5 Å². The molecule has 0 saturated carbocycles. The van der Waals surface area contributed by atoms with Gasteiger partial charge in [0.15, 0.2) is 0 Å². The largest absolute Gasteiger partial charge is 0.355 e. The van der Waals surface area contributed by atoms with E-state index in [2.05, 4.69) is 31.1 Å². The van der Waals surface area contributed by atoms with E-state index in [4.69, 9.17) is 17.5 Å². The van der Waals surface area contributed by atoms with Crippen LogP contribution in [0.4, 0.5) is 0 Å². The van der Waals surface area contributed by atoms with Gasteiger partial charge in [-0.3, -0.25) is 14.6 Å². The van der Waals surface area contributed by atoms with Crippen LogP contribution in [0.5, 0.6) is 0 Å². The lowest BCUT2D eigenvalue weighted by Crippen LogP contribution is -2.43. The van der Waals surface area contributed by atoms with Crippen LogP contribution in [0.15, 0.2) is 0 Å². The monoisotopic (exact) mass is 436 g/mol. The highest BCUT2D eigenvalue weighted by Crippen LogP contribution is 1.98. The van der Waals surface area contributed by atoms with Gasteiger partial charge < -0.3 is 27.0 Å². The van der Waals surface area contributed by atoms with Gasteiger partial charge in [-0.2, -0.15) is 0 Å². The Labute approximate surface area is 183 Å². The Morgan fingerprint density at radius 3 is 1.79 bits per heavy atom. The van der Waals surface area contributed by atoms with E-state index >= 15 is 0 Å². The third kappa shape index (κ3) is 18.0. The van der Waals surface area contributed by atoms with Crippen molar-refractivity contribution in [3.8, 4) is 0 Å². The number of hydrogen-bond donors (Lipinski definition) is 5. The zero-order valence-electron chi connectivity index (χ0n) is 18.8. The SMILES string of the molecule is CCC(=O)NCCN(CCNC)CCN(Cl)CCN(CCNC)CCNCCN. The Kier molecular flexibility index (Phi) is 20.4. The standard InChI is InChI=1S/C19H45ClN8O/c1-4-19(29)25-10-14-27(12-8-23-3)16-18-28(20)17-15-26(11-7-22-2)13-9-24-6-5-21/h22-24H,4-18,21H2,1-3H3,(H,25,29). The Morgan fingerprint density at radius 2 is 1.31 bits per heavy atom. The van der Waals surface area contributed by atoms with Crippen molar-refractivity contribution in [3.63, 3.8) is 0 Å². The summed E-state index contributed by atoms with van der Waals surface area (Å²) in [4.78, 5) is 16.2. The maximum atomic E-state index is 11.4. The fourth-order valence-electron chi connectivity index (χ4n) is 2.76. The predicted molar refractivity (Wildman–Crippen MR) is 123 cm³/mol. The van der Waals surface area contributed by atoms with Gasteiger partial charge in [-0.1, -0.05) is 6.92 Å². The fraction of sp³-hybridized carbons (Fsp3) is 0.947. The van der Waals surface area contributed by atoms with E-state index in [-0.39, 0.29) is 5.91 Å². The molecular weight excluding hydrogens is 392 g/mol. The fourth-order valence-corrected chi connectivity index (χ4v) is 2.92.